The maximum Gasteiger partial charge on any atom is 0 e. The minimum absolute atomic E-state index is 0. The summed E-state index contributed by atoms with van der Waals surface area (Å²) in [4.78, 5) is 0. The number of hydrogen-bond acceptors (Lipinski definition) is 0. The first-order chi connectivity index (χ1) is 9.40. The Hall–Kier alpha value is -0.357. The molecule has 0 fully saturated rings. The normalized spacial score (nSPS) is 9.04. The van der Waals surface area contributed by atoms with E-state index in [0.717, 1.165) is 0 Å². The van der Waals surface area contributed by atoms with Crippen molar-refractivity contribution in [2.45, 2.75) is 53.4 Å². The summed E-state index contributed by atoms with van der Waals surface area (Å²) >= 11 is 0. The van der Waals surface area contributed by atoms with Crippen molar-refractivity contribution < 1.29 is 19.5 Å². The summed E-state index contributed by atoms with van der Waals surface area (Å²) in [5.74, 6) is 1.31. The molecule has 0 aliphatic carbocycles. The van der Waals surface area contributed by atoms with E-state index >= 15 is 0 Å². The van der Waals surface area contributed by atoms with Gasteiger partial charge in [0, 0.05) is 19.5 Å². The molecule has 0 aliphatic rings. The van der Waals surface area contributed by atoms with Crippen LogP contribution in [0.2, 0.25) is 0 Å². The van der Waals surface area contributed by atoms with Gasteiger partial charge in [0.15, 0.2) is 0 Å². The first kappa shape index (κ1) is 27.5. The van der Waals surface area contributed by atoms with E-state index < -0.39 is 0 Å². The van der Waals surface area contributed by atoms with Gasteiger partial charge in [-0.3, -0.25) is 0 Å². The monoisotopic (exact) mass is 442 g/mol. The first-order valence-electron chi connectivity index (χ1n) is 7.53. The molecule has 0 saturated heterocycles. The quantitative estimate of drug-likeness (QED) is 0.436. The third-order valence-electron chi connectivity index (χ3n) is 3.49. The average Bonchev–Trinajstić information content (AvgIpc) is 2.40. The van der Waals surface area contributed by atoms with Gasteiger partial charge in [-0.1, -0.05) is 87.4 Å². The van der Waals surface area contributed by atoms with E-state index in [0.29, 0.717) is 11.8 Å². The summed E-state index contributed by atoms with van der Waals surface area (Å²) in [6.45, 7) is 13.1. The Morgan fingerprint density at radius 1 is 0.522 bits per heavy atom. The largest absolute Gasteiger partial charge is 0.147 e. The Labute approximate surface area is 168 Å². The molecule has 0 unspecified atom stereocenters. The summed E-state index contributed by atoms with van der Waals surface area (Å²) in [6.07, 6.45) is 0. The van der Waals surface area contributed by atoms with Crippen molar-refractivity contribution in [1.29, 1.82) is 0 Å². The Morgan fingerprint density at radius 3 is 0.913 bits per heavy atom. The van der Waals surface area contributed by atoms with Crippen LogP contribution in [0.5, 0.6) is 0 Å². The zero-order valence-corrected chi connectivity index (χ0v) is 18.3. The predicted molar refractivity (Wildman–Crippen MR) is 105 cm³/mol. The van der Waals surface area contributed by atoms with Crippen LogP contribution < -0.4 is 0 Å². The minimum Gasteiger partial charge on any atom is -0.147 e. The fourth-order valence-electron chi connectivity index (χ4n) is 1.90. The third kappa shape index (κ3) is 10.9. The molecular formula is C20H30Cl2Ru. The van der Waals surface area contributed by atoms with E-state index in [1.807, 2.05) is 0 Å². The van der Waals surface area contributed by atoms with Crippen molar-refractivity contribution in [3.05, 3.63) is 70.8 Å². The van der Waals surface area contributed by atoms with Crippen LogP contribution in [0.4, 0.5) is 0 Å². The molecule has 0 aromatic heterocycles. The molecule has 2 aromatic carbocycles. The first-order valence-corrected chi connectivity index (χ1v) is 7.53. The maximum absolute atomic E-state index is 2.21. The van der Waals surface area contributed by atoms with Gasteiger partial charge in [0.2, 0.25) is 0 Å². The van der Waals surface area contributed by atoms with Crippen molar-refractivity contribution in [2.75, 3.05) is 0 Å². The summed E-state index contributed by atoms with van der Waals surface area (Å²) in [7, 11) is 0. The fourth-order valence-corrected chi connectivity index (χ4v) is 1.90. The van der Waals surface area contributed by atoms with E-state index in [9.17, 15) is 0 Å². The standard InChI is InChI=1S/2C10H14.2ClH.Ru/c2*1-8(2)10-6-4-9(3)5-7-10;;;/h2*4-8H,1-3H3;2*1H;. The molecule has 0 radical (unpaired) electrons. The van der Waals surface area contributed by atoms with E-state index in [-0.39, 0.29) is 44.3 Å². The number of halogens is 2. The predicted octanol–water partition coefficient (Wildman–Crippen LogP) is 7.08. The fraction of sp³-hybridized carbons (Fsp3) is 0.400. The molecular weight excluding hydrogens is 412 g/mol. The van der Waals surface area contributed by atoms with Gasteiger partial charge in [-0.25, -0.2) is 0 Å². The second-order valence-electron chi connectivity index (χ2n) is 6.13. The second kappa shape index (κ2) is 14.0. The van der Waals surface area contributed by atoms with E-state index in [1.165, 1.54) is 22.3 Å². The van der Waals surface area contributed by atoms with Crippen molar-refractivity contribution in [2.24, 2.45) is 0 Å². The molecule has 0 nitrogen and oxygen atoms in total. The second-order valence-corrected chi connectivity index (χ2v) is 6.13. The average molecular weight is 442 g/mol. The van der Waals surface area contributed by atoms with Crippen LogP contribution >= 0.6 is 24.8 Å². The van der Waals surface area contributed by atoms with Crippen molar-refractivity contribution in [3.63, 3.8) is 0 Å². The van der Waals surface area contributed by atoms with Crippen molar-refractivity contribution in [3.8, 4) is 0 Å². The summed E-state index contributed by atoms with van der Waals surface area (Å²) < 4.78 is 0. The Kier molecular flexibility index (Phi) is 16.8. The van der Waals surface area contributed by atoms with E-state index in [2.05, 4.69) is 90.1 Å². The van der Waals surface area contributed by atoms with Gasteiger partial charge in [0.1, 0.15) is 0 Å². The molecule has 2 rings (SSSR count). The molecule has 0 heterocycles. The van der Waals surface area contributed by atoms with Crippen LogP contribution in [0, 0.1) is 13.8 Å². The van der Waals surface area contributed by atoms with Gasteiger partial charge < -0.3 is 0 Å². The molecule has 0 atom stereocenters. The van der Waals surface area contributed by atoms with Crippen molar-refractivity contribution >= 4 is 24.8 Å². The SMILES string of the molecule is Cc1ccc(C(C)C)cc1.Cc1ccc(C(C)C)cc1.Cl.Cl.[Ru]. The topological polar surface area (TPSA) is 0 Å². The molecule has 3 heteroatoms. The molecule has 0 saturated carbocycles. The number of benzene rings is 2. The third-order valence-corrected chi connectivity index (χ3v) is 3.49. The van der Waals surface area contributed by atoms with Crippen LogP contribution in [0.15, 0.2) is 48.5 Å². The number of hydrogen-bond donors (Lipinski definition) is 0. The van der Waals surface area contributed by atoms with Gasteiger partial charge in [0.05, 0.1) is 0 Å². The Bertz CT molecular complexity index is 453. The molecule has 23 heavy (non-hydrogen) atoms. The zero-order valence-electron chi connectivity index (χ0n) is 14.9. The molecule has 132 valence electrons. The van der Waals surface area contributed by atoms with Crippen LogP contribution in [0.3, 0.4) is 0 Å². The number of aryl methyl sites for hydroxylation is 2. The van der Waals surface area contributed by atoms with Crippen LogP contribution in [0.1, 0.15) is 61.8 Å². The van der Waals surface area contributed by atoms with Gasteiger partial charge in [-0.2, -0.15) is 0 Å². The number of rotatable bonds is 2. The Morgan fingerprint density at radius 2 is 0.739 bits per heavy atom. The summed E-state index contributed by atoms with van der Waals surface area (Å²) in [5, 5.41) is 0. The van der Waals surface area contributed by atoms with E-state index in [4.69, 9.17) is 0 Å². The van der Waals surface area contributed by atoms with Crippen LogP contribution in [-0.4, -0.2) is 0 Å². The molecule has 0 aliphatic heterocycles. The van der Waals surface area contributed by atoms with E-state index in [1.54, 1.807) is 0 Å². The zero-order chi connectivity index (χ0) is 15.1. The molecule has 0 amide bonds. The van der Waals surface area contributed by atoms with Crippen molar-refractivity contribution in [1.82, 2.24) is 0 Å². The van der Waals surface area contributed by atoms with Crippen LogP contribution in [0.25, 0.3) is 0 Å². The molecule has 0 N–H and O–H groups in total. The smallest absolute Gasteiger partial charge is 0 e. The molecule has 0 bridgehead atoms. The van der Waals surface area contributed by atoms with Gasteiger partial charge >= 0.3 is 0 Å². The minimum atomic E-state index is 0. The molecule has 0 spiro atoms. The molecule has 2 aromatic rings. The van der Waals surface area contributed by atoms with Gasteiger partial charge in [-0.15, -0.1) is 24.8 Å². The van der Waals surface area contributed by atoms with Gasteiger partial charge in [0.25, 0.3) is 0 Å². The van der Waals surface area contributed by atoms with Gasteiger partial charge in [-0.05, 0) is 36.8 Å². The van der Waals surface area contributed by atoms with Crippen LogP contribution in [-0.2, 0) is 19.5 Å². The summed E-state index contributed by atoms with van der Waals surface area (Å²) in [6, 6.07) is 17.4. The Balaban J connectivity index is -0.000000308. The maximum atomic E-state index is 2.21. The summed E-state index contributed by atoms with van der Waals surface area (Å²) in [5.41, 5.74) is 5.52.